The number of rotatable bonds is 8. The number of hydrogen-bond acceptors (Lipinski definition) is 6. The minimum Gasteiger partial charge on any atom is -0.444 e. The Hall–Kier alpha value is -3.26. The highest BCUT2D eigenvalue weighted by atomic mass is 16.6. The third-order valence-electron chi connectivity index (χ3n) is 6.09. The van der Waals surface area contributed by atoms with Crippen molar-refractivity contribution in [1.82, 2.24) is 15.2 Å². The van der Waals surface area contributed by atoms with Gasteiger partial charge in [-0.05, 0) is 51.3 Å². The van der Waals surface area contributed by atoms with Gasteiger partial charge in [-0.25, -0.2) is 9.78 Å². The molecule has 0 aliphatic carbocycles. The number of hydrogen-bond donors (Lipinski definition) is 1. The highest BCUT2D eigenvalue weighted by Gasteiger charge is 2.28. The molecule has 2 aromatic rings. The highest BCUT2D eigenvalue weighted by Crippen LogP contribution is 2.25. The zero-order valence-electron chi connectivity index (χ0n) is 21.9. The first-order valence-corrected chi connectivity index (χ1v) is 12.5. The molecule has 1 aromatic carbocycles. The van der Waals surface area contributed by atoms with Crippen LogP contribution < -0.4 is 5.32 Å². The number of amides is 2. The van der Waals surface area contributed by atoms with Crippen LogP contribution in [0.1, 0.15) is 85.0 Å². The van der Waals surface area contributed by atoms with Crippen molar-refractivity contribution in [3.63, 3.8) is 0 Å². The molecule has 1 aromatic heterocycles. The summed E-state index contributed by atoms with van der Waals surface area (Å²) < 4.78 is 11.3. The van der Waals surface area contributed by atoms with Gasteiger partial charge in [-0.3, -0.25) is 9.59 Å². The van der Waals surface area contributed by atoms with Gasteiger partial charge in [-0.15, -0.1) is 0 Å². The zero-order chi connectivity index (χ0) is 26.3. The van der Waals surface area contributed by atoms with Crippen LogP contribution in [-0.4, -0.2) is 66.1 Å². The quantitative estimate of drug-likeness (QED) is 0.538. The van der Waals surface area contributed by atoms with Crippen LogP contribution in [-0.2, 0) is 9.47 Å². The number of nitrogens with zero attached hydrogens (tertiary/aromatic N) is 2. The van der Waals surface area contributed by atoms with Crippen LogP contribution in [0, 0.1) is 0 Å². The number of Topliss-reactive ketones (excluding diaryl/α,β-unsaturated/α-hetero) is 1. The van der Waals surface area contributed by atoms with Crippen molar-refractivity contribution in [3.05, 3.63) is 65.0 Å². The summed E-state index contributed by atoms with van der Waals surface area (Å²) in [4.78, 5) is 44.0. The molecule has 2 atom stereocenters. The molecule has 36 heavy (non-hydrogen) atoms. The monoisotopic (exact) mass is 495 g/mol. The van der Waals surface area contributed by atoms with Crippen molar-refractivity contribution in [2.45, 2.75) is 64.6 Å². The van der Waals surface area contributed by atoms with E-state index in [1.807, 2.05) is 58.0 Å². The summed E-state index contributed by atoms with van der Waals surface area (Å²) in [6.45, 7) is 8.91. The van der Waals surface area contributed by atoms with Crippen LogP contribution in [0.3, 0.4) is 0 Å². The van der Waals surface area contributed by atoms with Gasteiger partial charge in [0.15, 0.2) is 5.78 Å². The molecule has 1 aliphatic rings. The standard InChI is InChI=1S/C28H37N3O5/c1-19(20-10-7-6-8-11-20)23-16-21(17-24(30-23)26(33)29-5)25(32)13-9-12-22-18-31(14-15-35-22)27(34)36-28(2,3)4/h6-8,10-11,16-17,19,22H,9,12-15,18H2,1-5H3,(H,29,33). The molecular weight excluding hydrogens is 458 g/mol. The first-order chi connectivity index (χ1) is 17.1. The number of nitrogens with one attached hydrogen (secondary N) is 1. The fourth-order valence-electron chi connectivity index (χ4n) is 4.11. The van der Waals surface area contributed by atoms with Crippen LogP contribution in [0.2, 0.25) is 0 Å². The predicted octanol–water partition coefficient (Wildman–Crippen LogP) is 4.58. The molecule has 2 amide bonds. The molecule has 194 valence electrons. The maximum atomic E-state index is 13.1. The lowest BCUT2D eigenvalue weighted by Crippen LogP contribution is -2.47. The Labute approximate surface area is 213 Å². The van der Waals surface area contributed by atoms with Crippen molar-refractivity contribution in [2.75, 3.05) is 26.7 Å². The van der Waals surface area contributed by atoms with Gasteiger partial charge in [0.1, 0.15) is 11.3 Å². The molecule has 1 aliphatic heterocycles. The van der Waals surface area contributed by atoms with Gasteiger partial charge in [-0.1, -0.05) is 37.3 Å². The Kier molecular flexibility index (Phi) is 9.20. The first kappa shape index (κ1) is 27.3. The maximum absolute atomic E-state index is 13.1. The van der Waals surface area contributed by atoms with Crippen molar-refractivity contribution >= 4 is 17.8 Å². The maximum Gasteiger partial charge on any atom is 0.410 e. The number of pyridine rings is 1. The van der Waals surface area contributed by atoms with Gasteiger partial charge < -0.3 is 19.7 Å². The number of benzene rings is 1. The average Bonchev–Trinajstić information content (AvgIpc) is 2.87. The summed E-state index contributed by atoms with van der Waals surface area (Å²) in [6.07, 6.45) is 1.07. The van der Waals surface area contributed by atoms with Crippen LogP contribution in [0.25, 0.3) is 0 Å². The summed E-state index contributed by atoms with van der Waals surface area (Å²) >= 11 is 0. The minimum absolute atomic E-state index is 0.0520. The zero-order valence-corrected chi connectivity index (χ0v) is 21.9. The minimum atomic E-state index is -0.549. The third kappa shape index (κ3) is 7.62. The van der Waals surface area contributed by atoms with Crippen LogP contribution in [0.15, 0.2) is 42.5 Å². The summed E-state index contributed by atoms with van der Waals surface area (Å²) in [6, 6.07) is 13.2. The van der Waals surface area contributed by atoms with Crippen molar-refractivity contribution < 1.29 is 23.9 Å². The fourth-order valence-corrected chi connectivity index (χ4v) is 4.11. The molecule has 3 rings (SSSR count). The molecule has 0 spiro atoms. The van der Waals surface area contributed by atoms with Crippen molar-refractivity contribution in [2.24, 2.45) is 0 Å². The van der Waals surface area contributed by atoms with Gasteiger partial charge in [0.05, 0.1) is 19.3 Å². The van der Waals surface area contributed by atoms with Crippen molar-refractivity contribution in [3.8, 4) is 0 Å². The van der Waals surface area contributed by atoms with E-state index >= 15 is 0 Å². The number of carbonyl (C=O) groups excluding carboxylic acids is 3. The van der Waals surface area contributed by atoms with Gasteiger partial charge >= 0.3 is 6.09 Å². The van der Waals surface area contributed by atoms with Gasteiger partial charge in [-0.2, -0.15) is 0 Å². The normalized spacial score (nSPS) is 16.8. The smallest absolute Gasteiger partial charge is 0.410 e. The lowest BCUT2D eigenvalue weighted by Gasteiger charge is -2.34. The largest absolute Gasteiger partial charge is 0.444 e. The average molecular weight is 496 g/mol. The lowest BCUT2D eigenvalue weighted by molar-refractivity contribution is -0.0450. The summed E-state index contributed by atoms with van der Waals surface area (Å²) in [5.41, 5.74) is 1.88. The fraction of sp³-hybridized carbons (Fsp3) is 0.500. The second-order valence-corrected chi connectivity index (χ2v) is 10.1. The third-order valence-corrected chi connectivity index (χ3v) is 6.09. The number of morpholine rings is 1. The van der Waals surface area contributed by atoms with E-state index in [-0.39, 0.29) is 35.5 Å². The topological polar surface area (TPSA) is 97.8 Å². The molecule has 2 heterocycles. The van der Waals surface area contributed by atoms with E-state index in [1.165, 1.54) is 0 Å². The van der Waals surface area contributed by atoms with Gasteiger partial charge in [0.25, 0.3) is 5.91 Å². The van der Waals surface area contributed by atoms with E-state index in [9.17, 15) is 14.4 Å². The molecule has 8 nitrogen and oxygen atoms in total. The SMILES string of the molecule is CNC(=O)c1cc(C(=O)CCCC2CN(C(=O)OC(C)(C)C)CCO2)cc(C(C)c2ccccc2)n1. The van der Waals surface area contributed by atoms with Crippen LogP contribution in [0.5, 0.6) is 0 Å². The van der Waals surface area contributed by atoms with E-state index in [1.54, 1.807) is 24.1 Å². The Balaban J connectivity index is 1.64. The summed E-state index contributed by atoms with van der Waals surface area (Å²) in [7, 11) is 1.55. The lowest BCUT2D eigenvalue weighted by atomic mass is 9.94. The van der Waals surface area contributed by atoms with Gasteiger partial charge in [0, 0.05) is 37.2 Å². The number of aromatic nitrogens is 1. The number of ether oxygens (including phenoxy) is 2. The first-order valence-electron chi connectivity index (χ1n) is 12.5. The van der Waals surface area contributed by atoms with E-state index < -0.39 is 5.60 Å². The summed E-state index contributed by atoms with van der Waals surface area (Å²) in [5, 5.41) is 2.60. The molecule has 1 saturated heterocycles. The number of carbonyl (C=O) groups is 3. The molecule has 1 fully saturated rings. The second kappa shape index (κ2) is 12.1. The van der Waals surface area contributed by atoms with E-state index in [0.717, 1.165) is 5.56 Å². The Morgan fingerprint density at radius 1 is 1.19 bits per heavy atom. The predicted molar refractivity (Wildman–Crippen MR) is 137 cm³/mol. The van der Waals surface area contributed by atoms with E-state index in [2.05, 4.69) is 10.3 Å². The van der Waals surface area contributed by atoms with Crippen LogP contribution in [0.4, 0.5) is 4.79 Å². The molecular formula is C28H37N3O5. The Morgan fingerprint density at radius 3 is 2.58 bits per heavy atom. The highest BCUT2D eigenvalue weighted by molar-refractivity contribution is 5.99. The molecule has 2 unspecified atom stereocenters. The molecule has 8 heteroatoms. The Bertz CT molecular complexity index is 1060. The Morgan fingerprint density at radius 2 is 1.92 bits per heavy atom. The molecule has 0 radical (unpaired) electrons. The van der Waals surface area contributed by atoms with Crippen LogP contribution >= 0.6 is 0 Å². The molecule has 0 saturated carbocycles. The van der Waals surface area contributed by atoms with Gasteiger partial charge in [0.2, 0.25) is 0 Å². The number of ketones is 1. The second-order valence-electron chi connectivity index (χ2n) is 10.1. The molecule has 1 N–H and O–H groups in total. The van der Waals surface area contributed by atoms with Crippen molar-refractivity contribution in [1.29, 1.82) is 0 Å². The molecule has 0 bridgehead atoms. The van der Waals surface area contributed by atoms with E-state index in [4.69, 9.17) is 9.47 Å². The van der Waals surface area contributed by atoms with E-state index in [0.29, 0.717) is 50.2 Å². The summed E-state index contributed by atoms with van der Waals surface area (Å²) in [5.74, 6) is -0.454.